The zero-order chi connectivity index (χ0) is 22.9. The molecule has 5 rings (SSSR count). The molecule has 0 saturated heterocycles. The standard InChI is InChI=1S/C25H17Cl2N3O3/c1-32-23-10-15(6-8-21(23)31)22-13-20(17-11-16(26)12-18(27)25(17)33-22)29-30-24-9-7-14-4-2-3-5-19(14)28-24/h2-13,31H,1H3,(H,28,30)/b29-20+. The van der Waals surface area contributed by atoms with Gasteiger partial charge in [-0.25, -0.2) is 4.98 Å². The molecule has 0 aliphatic rings. The molecule has 0 radical (unpaired) electrons. The zero-order valence-corrected chi connectivity index (χ0v) is 18.9. The molecule has 164 valence electrons. The summed E-state index contributed by atoms with van der Waals surface area (Å²) in [7, 11) is 1.48. The van der Waals surface area contributed by atoms with Gasteiger partial charge in [-0.3, -0.25) is 5.43 Å². The number of fused-ring (bicyclic) bond motifs is 2. The number of methoxy groups -OCH3 is 1. The summed E-state index contributed by atoms with van der Waals surface area (Å²) in [6.07, 6.45) is 0. The summed E-state index contributed by atoms with van der Waals surface area (Å²) in [5.74, 6) is 1.42. The van der Waals surface area contributed by atoms with E-state index < -0.39 is 0 Å². The molecule has 2 N–H and O–H groups in total. The van der Waals surface area contributed by atoms with Gasteiger partial charge in [0.15, 0.2) is 17.1 Å². The number of halogens is 2. The lowest BCUT2D eigenvalue weighted by molar-refractivity contribution is 0.373. The molecule has 33 heavy (non-hydrogen) atoms. The molecule has 0 aliphatic carbocycles. The second-order valence-corrected chi connectivity index (χ2v) is 8.10. The number of ether oxygens (including phenoxy) is 1. The molecule has 5 aromatic rings. The molecule has 0 aliphatic heterocycles. The van der Waals surface area contributed by atoms with Crippen molar-refractivity contribution in [2.24, 2.45) is 5.10 Å². The number of phenolic OH excluding ortho intramolecular Hbond substituents is 1. The first kappa shape index (κ1) is 21.1. The van der Waals surface area contributed by atoms with Gasteiger partial charge in [-0.1, -0.05) is 41.4 Å². The van der Waals surface area contributed by atoms with Gasteiger partial charge < -0.3 is 14.3 Å². The topological polar surface area (TPSA) is 79.9 Å². The lowest BCUT2D eigenvalue weighted by atomic mass is 10.1. The number of aromatic hydroxyl groups is 1. The van der Waals surface area contributed by atoms with Crippen LogP contribution in [0, 0.1) is 0 Å². The second-order valence-electron chi connectivity index (χ2n) is 7.26. The molecule has 2 heterocycles. The van der Waals surface area contributed by atoms with Crippen molar-refractivity contribution in [2.45, 2.75) is 0 Å². The Labute approximate surface area is 198 Å². The maximum absolute atomic E-state index is 9.94. The Balaban J connectivity index is 1.67. The van der Waals surface area contributed by atoms with Crippen molar-refractivity contribution in [3.8, 4) is 22.8 Å². The molecule has 0 fully saturated rings. The maximum atomic E-state index is 9.94. The number of pyridine rings is 1. The van der Waals surface area contributed by atoms with E-state index in [0.29, 0.717) is 49.3 Å². The first-order chi connectivity index (χ1) is 16.0. The van der Waals surface area contributed by atoms with Crippen molar-refractivity contribution >= 4 is 50.9 Å². The highest BCUT2D eigenvalue weighted by atomic mass is 35.5. The highest BCUT2D eigenvalue weighted by molar-refractivity contribution is 6.38. The fourth-order valence-electron chi connectivity index (χ4n) is 3.51. The van der Waals surface area contributed by atoms with E-state index in [-0.39, 0.29) is 5.75 Å². The number of aromatic nitrogens is 1. The summed E-state index contributed by atoms with van der Waals surface area (Å²) in [5.41, 5.74) is 4.98. The van der Waals surface area contributed by atoms with E-state index in [9.17, 15) is 5.11 Å². The van der Waals surface area contributed by atoms with E-state index >= 15 is 0 Å². The summed E-state index contributed by atoms with van der Waals surface area (Å²) in [6, 6.07) is 21.7. The lowest BCUT2D eigenvalue weighted by Crippen LogP contribution is -2.08. The number of para-hydroxylation sites is 1. The number of hydrogen-bond acceptors (Lipinski definition) is 6. The maximum Gasteiger partial charge on any atom is 0.161 e. The third kappa shape index (κ3) is 4.18. The monoisotopic (exact) mass is 477 g/mol. The Morgan fingerprint density at radius 2 is 1.85 bits per heavy atom. The number of phenols is 1. The SMILES string of the molecule is COc1cc(-c2c/c(=N\Nc3ccc4ccccc4n3)c3cc(Cl)cc(Cl)c3o2)ccc1O. The van der Waals surface area contributed by atoms with Crippen LogP contribution in [-0.2, 0) is 0 Å². The van der Waals surface area contributed by atoms with Crippen LogP contribution in [0.25, 0.3) is 33.2 Å². The van der Waals surface area contributed by atoms with Gasteiger partial charge in [0.05, 0.1) is 23.0 Å². The van der Waals surface area contributed by atoms with Crippen molar-refractivity contribution in [3.63, 3.8) is 0 Å². The van der Waals surface area contributed by atoms with Crippen molar-refractivity contribution in [3.05, 3.63) is 88.2 Å². The Hall–Kier alpha value is -3.74. The lowest BCUT2D eigenvalue weighted by Gasteiger charge is -2.09. The fourth-order valence-corrected chi connectivity index (χ4v) is 4.04. The molecule has 2 aromatic heterocycles. The van der Waals surface area contributed by atoms with Crippen LogP contribution < -0.4 is 15.5 Å². The van der Waals surface area contributed by atoms with E-state index in [2.05, 4.69) is 15.5 Å². The van der Waals surface area contributed by atoms with Crippen LogP contribution in [-0.4, -0.2) is 17.2 Å². The van der Waals surface area contributed by atoms with Crippen LogP contribution in [0.15, 0.2) is 82.3 Å². The zero-order valence-electron chi connectivity index (χ0n) is 17.3. The number of nitrogens with zero attached hydrogens (tertiary/aromatic N) is 2. The Morgan fingerprint density at radius 1 is 1.00 bits per heavy atom. The summed E-state index contributed by atoms with van der Waals surface area (Å²) >= 11 is 12.7. The van der Waals surface area contributed by atoms with E-state index in [0.717, 1.165) is 10.9 Å². The van der Waals surface area contributed by atoms with Crippen molar-refractivity contribution in [1.29, 1.82) is 0 Å². The second kappa shape index (κ2) is 8.65. The smallest absolute Gasteiger partial charge is 0.161 e. The van der Waals surface area contributed by atoms with Crippen molar-refractivity contribution < 1.29 is 14.3 Å². The minimum Gasteiger partial charge on any atom is -0.504 e. The molecular formula is C25H17Cl2N3O3. The van der Waals surface area contributed by atoms with Gasteiger partial charge in [0.1, 0.15) is 11.6 Å². The third-order valence-corrected chi connectivity index (χ3v) is 5.62. The van der Waals surface area contributed by atoms with Crippen LogP contribution in [0.3, 0.4) is 0 Å². The highest BCUT2D eigenvalue weighted by Crippen LogP contribution is 2.34. The largest absolute Gasteiger partial charge is 0.504 e. The normalized spacial score (nSPS) is 11.8. The van der Waals surface area contributed by atoms with Crippen LogP contribution in [0.4, 0.5) is 5.82 Å². The van der Waals surface area contributed by atoms with Crippen LogP contribution >= 0.6 is 23.2 Å². The first-order valence-corrected chi connectivity index (χ1v) is 10.7. The van der Waals surface area contributed by atoms with Gasteiger partial charge in [0.2, 0.25) is 0 Å². The summed E-state index contributed by atoms with van der Waals surface area (Å²) in [5, 5.41) is 17.5. The first-order valence-electron chi connectivity index (χ1n) is 9.97. The van der Waals surface area contributed by atoms with Crippen molar-refractivity contribution in [2.75, 3.05) is 12.5 Å². The van der Waals surface area contributed by atoms with Gasteiger partial charge in [-0.15, -0.1) is 0 Å². The molecular weight excluding hydrogens is 461 g/mol. The molecule has 3 aromatic carbocycles. The van der Waals surface area contributed by atoms with E-state index in [1.165, 1.54) is 13.2 Å². The third-order valence-electron chi connectivity index (χ3n) is 5.12. The van der Waals surface area contributed by atoms with Crippen molar-refractivity contribution in [1.82, 2.24) is 4.98 Å². The molecule has 8 heteroatoms. The van der Waals surface area contributed by atoms with Gasteiger partial charge in [0, 0.05) is 27.4 Å². The Kier molecular flexibility index (Phi) is 5.54. The number of anilines is 1. The van der Waals surface area contributed by atoms with Crippen LogP contribution in [0.2, 0.25) is 10.0 Å². The number of hydrogen-bond donors (Lipinski definition) is 2. The quantitative estimate of drug-likeness (QED) is 0.285. The highest BCUT2D eigenvalue weighted by Gasteiger charge is 2.12. The molecule has 0 saturated carbocycles. The summed E-state index contributed by atoms with van der Waals surface area (Å²) in [4.78, 5) is 4.59. The summed E-state index contributed by atoms with van der Waals surface area (Å²) in [6.45, 7) is 0. The molecule has 0 bridgehead atoms. The molecule has 0 unspecified atom stereocenters. The molecule has 0 amide bonds. The minimum atomic E-state index is 0.0285. The van der Waals surface area contributed by atoms with E-state index in [1.54, 1.807) is 30.3 Å². The Morgan fingerprint density at radius 3 is 2.70 bits per heavy atom. The molecule has 6 nitrogen and oxygen atoms in total. The Bertz CT molecular complexity index is 1580. The van der Waals surface area contributed by atoms with E-state index in [4.69, 9.17) is 32.4 Å². The van der Waals surface area contributed by atoms with Gasteiger partial charge in [0.25, 0.3) is 0 Å². The van der Waals surface area contributed by atoms with E-state index in [1.807, 2.05) is 36.4 Å². The minimum absolute atomic E-state index is 0.0285. The molecule has 0 atom stereocenters. The number of rotatable bonds is 4. The molecule has 0 spiro atoms. The fraction of sp³-hybridized carbons (Fsp3) is 0.0400. The predicted molar refractivity (Wildman–Crippen MR) is 131 cm³/mol. The van der Waals surface area contributed by atoms with Gasteiger partial charge >= 0.3 is 0 Å². The van der Waals surface area contributed by atoms with Gasteiger partial charge in [-0.05, 0) is 48.5 Å². The van der Waals surface area contributed by atoms with Gasteiger partial charge in [-0.2, -0.15) is 5.10 Å². The number of benzene rings is 3. The summed E-state index contributed by atoms with van der Waals surface area (Å²) < 4.78 is 11.3. The number of nitrogens with one attached hydrogen (secondary N) is 1. The average molecular weight is 478 g/mol. The predicted octanol–water partition coefficient (Wildman–Crippen LogP) is 6.60. The average Bonchev–Trinajstić information content (AvgIpc) is 2.83. The van der Waals surface area contributed by atoms with Crippen LogP contribution in [0.1, 0.15) is 0 Å². The van der Waals surface area contributed by atoms with Crippen LogP contribution in [0.5, 0.6) is 11.5 Å².